The summed E-state index contributed by atoms with van der Waals surface area (Å²) in [4.78, 5) is 26.7. The number of nitrogens with zero attached hydrogens (tertiary/aromatic N) is 2. The Bertz CT molecular complexity index is 889. The molecule has 0 saturated carbocycles. The van der Waals surface area contributed by atoms with Crippen LogP contribution in [0.4, 0.5) is 0 Å². The van der Waals surface area contributed by atoms with Crippen molar-refractivity contribution in [2.45, 2.75) is 19.8 Å². The predicted octanol–water partition coefficient (Wildman–Crippen LogP) is 4.30. The molecule has 3 rings (SSSR count). The maximum atomic E-state index is 12.6. The molecule has 2 aromatic rings. The molecular weight excluding hydrogens is 397 g/mol. The molecule has 0 spiro atoms. The smallest absolute Gasteiger partial charge is 0.255 e. The normalized spacial score (nSPS) is 15.0. The summed E-state index contributed by atoms with van der Waals surface area (Å²) in [5.41, 5.74) is 5.12. The number of hydrazone groups is 1. The van der Waals surface area contributed by atoms with Gasteiger partial charge in [0.25, 0.3) is 5.91 Å². The van der Waals surface area contributed by atoms with Gasteiger partial charge in [-0.2, -0.15) is 5.10 Å². The molecule has 146 valence electrons. The van der Waals surface area contributed by atoms with Crippen LogP contribution in [0.25, 0.3) is 0 Å². The summed E-state index contributed by atoms with van der Waals surface area (Å²) >= 11 is 12.0. The molecule has 1 fully saturated rings. The number of halogens is 2. The standard InChI is InChI=1S/C21H21Cl2N3O2/c1-14-2-4-15(5-3-14)13-24-25-20(27)16-8-10-26(11-9-16)21(28)18-7-6-17(22)12-19(18)23/h2-7,12-13,16H,8-11H2,1H3,(H,25,27)/b24-13-. The number of nitrogens with one attached hydrogen (secondary N) is 1. The second-order valence-corrected chi connectivity index (χ2v) is 7.68. The van der Waals surface area contributed by atoms with Gasteiger partial charge in [-0.25, -0.2) is 5.43 Å². The van der Waals surface area contributed by atoms with Crippen LogP contribution in [0.15, 0.2) is 47.6 Å². The van der Waals surface area contributed by atoms with E-state index >= 15 is 0 Å². The average Bonchev–Trinajstić information content (AvgIpc) is 2.69. The molecule has 1 aliphatic heterocycles. The van der Waals surface area contributed by atoms with Gasteiger partial charge in [0.15, 0.2) is 0 Å². The SMILES string of the molecule is Cc1ccc(/C=N\NC(=O)C2CCN(C(=O)c3ccc(Cl)cc3Cl)CC2)cc1. The van der Waals surface area contributed by atoms with Crippen molar-refractivity contribution in [3.05, 3.63) is 69.2 Å². The number of carbonyl (C=O) groups is 2. The molecule has 0 unspecified atom stereocenters. The van der Waals surface area contributed by atoms with Crippen LogP contribution in [0, 0.1) is 12.8 Å². The molecule has 7 heteroatoms. The van der Waals surface area contributed by atoms with Gasteiger partial charge >= 0.3 is 0 Å². The van der Waals surface area contributed by atoms with Crippen molar-refractivity contribution >= 4 is 41.2 Å². The van der Waals surface area contributed by atoms with E-state index in [-0.39, 0.29) is 17.7 Å². The molecule has 2 aromatic carbocycles. The highest BCUT2D eigenvalue weighted by atomic mass is 35.5. The highest BCUT2D eigenvalue weighted by Crippen LogP contribution is 2.25. The fraction of sp³-hybridized carbons (Fsp3) is 0.286. The molecule has 1 heterocycles. The molecule has 0 aromatic heterocycles. The molecule has 1 N–H and O–H groups in total. The number of carbonyl (C=O) groups excluding carboxylic acids is 2. The van der Waals surface area contributed by atoms with Crippen molar-refractivity contribution in [1.29, 1.82) is 0 Å². The molecule has 0 aliphatic carbocycles. The third-order valence-corrected chi connectivity index (χ3v) is 5.33. The molecule has 0 radical (unpaired) electrons. The first-order chi connectivity index (χ1) is 13.4. The Balaban J connectivity index is 1.51. The van der Waals surface area contributed by atoms with Gasteiger partial charge in [0.05, 0.1) is 16.8 Å². The van der Waals surface area contributed by atoms with Gasteiger partial charge in [-0.1, -0.05) is 53.0 Å². The maximum Gasteiger partial charge on any atom is 0.255 e. The number of aryl methyl sites for hydroxylation is 1. The second-order valence-electron chi connectivity index (χ2n) is 6.84. The van der Waals surface area contributed by atoms with Gasteiger partial charge in [-0.3, -0.25) is 9.59 Å². The lowest BCUT2D eigenvalue weighted by Crippen LogP contribution is -2.42. The van der Waals surface area contributed by atoms with Gasteiger partial charge in [0.2, 0.25) is 5.91 Å². The first kappa shape index (κ1) is 20.4. The van der Waals surface area contributed by atoms with Crippen LogP contribution in [0.1, 0.15) is 34.3 Å². The molecule has 1 saturated heterocycles. The highest BCUT2D eigenvalue weighted by Gasteiger charge is 2.28. The Morgan fingerprint density at radius 2 is 1.79 bits per heavy atom. The van der Waals surface area contributed by atoms with Crippen LogP contribution < -0.4 is 5.43 Å². The zero-order valence-electron chi connectivity index (χ0n) is 15.5. The lowest BCUT2D eigenvalue weighted by atomic mass is 9.95. The van der Waals surface area contributed by atoms with E-state index in [0.29, 0.717) is 41.5 Å². The Morgan fingerprint density at radius 3 is 2.43 bits per heavy atom. The Labute approximate surface area is 174 Å². The number of amides is 2. The average molecular weight is 418 g/mol. The minimum Gasteiger partial charge on any atom is -0.339 e. The van der Waals surface area contributed by atoms with Crippen LogP contribution in [0.2, 0.25) is 10.0 Å². The van der Waals surface area contributed by atoms with Gasteiger partial charge in [-0.15, -0.1) is 0 Å². The number of hydrogen-bond acceptors (Lipinski definition) is 3. The van der Waals surface area contributed by atoms with Crippen LogP contribution in [-0.4, -0.2) is 36.0 Å². The monoisotopic (exact) mass is 417 g/mol. The zero-order chi connectivity index (χ0) is 20.1. The minimum atomic E-state index is -0.167. The predicted molar refractivity (Wildman–Crippen MR) is 112 cm³/mol. The number of rotatable bonds is 4. The molecule has 0 atom stereocenters. The first-order valence-electron chi connectivity index (χ1n) is 9.08. The largest absolute Gasteiger partial charge is 0.339 e. The summed E-state index contributed by atoms with van der Waals surface area (Å²) in [6.07, 6.45) is 2.80. The minimum absolute atomic E-state index is 0.125. The van der Waals surface area contributed by atoms with Gasteiger partial charge < -0.3 is 4.90 Å². The van der Waals surface area contributed by atoms with Crippen LogP contribution in [0.5, 0.6) is 0 Å². The lowest BCUT2D eigenvalue weighted by Gasteiger charge is -2.31. The molecule has 2 amide bonds. The Hall–Kier alpha value is -2.37. The van der Waals surface area contributed by atoms with Gasteiger partial charge in [0.1, 0.15) is 0 Å². The third-order valence-electron chi connectivity index (χ3n) is 4.78. The zero-order valence-corrected chi connectivity index (χ0v) is 17.0. The lowest BCUT2D eigenvalue weighted by molar-refractivity contribution is -0.126. The van der Waals surface area contributed by atoms with E-state index in [4.69, 9.17) is 23.2 Å². The van der Waals surface area contributed by atoms with Crippen molar-refractivity contribution in [3.63, 3.8) is 0 Å². The number of benzene rings is 2. The topological polar surface area (TPSA) is 61.8 Å². The summed E-state index contributed by atoms with van der Waals surface area (Å²) in [6, 6.07) is 12.7. The van der Waals surface area contributed by atoms with E-state index in [0.717, 1.165) is 5.56 Å². The number of likely N-dealkylation sites (tertiary alicyclic amines) is 1. The van der Waals surface area contributed by atoms with E-state index in [1.807, 2.05) is 31.2 Å². The molecule has 28 heavy (non-hydrogen) atoms. The van der Waals surface area contributed by atoms with Crippen molar-refractivity contribution in [2.24, 2.45) is 11.0 Å². The number of hydrogen-bond donors (Lipinski definition) is 1. The van der Waals surface area contributed by atoms with E-state index in [9.17, 15) is 9.59 Å². The summed E-state index contributed by atoms with van der Waals surface area (Å²) in [7, 11) is 0. The van der Waals surface area contributed by atoms with E-state index in [2.05, 4.69) is 10.5 Å². The summed E-state index contributed by atoms with van der Waals surface area (Å²) in [5.74, 6) is -0.433. The van der Waals surface area contributed by atoms with Crippen molar-refractivity contribution in [1.82, 2.24) is 10.3 Å². The van der Waals surface area contributed by atoms with Crippen molar-refractivity contribution in [3.8, 4) is 0 Å². The quantitative estimate of drug-likeness (QED) is 0.595. The Kier molecular flexibility index (Phi) is 6.70. The first-order valence-corrected chi connectivity index (χ1v) is 9.83. The summed E-state index contributed by atoms with van der Waals surface area (Å²) < 4.78 is 0. The third kappa shape index (κ3) is 5.12. The molecule has 1 aliphatic rings. The van der Waals surface area contributed by atoms with E-state index in [1.54, 1.807) is 29.3 Å². The second kappa shape index (κ2) is 9.22. The summed E-state index contributed by atoms with van der Waals surface area (Å²) in [5, 5.41) is 4.86. The fourth-order valence-corrected chi connectivity index (χ4v) is 3.58. The van der Waals surface area contributed by atoms with E-state index in [1.165, 1.54) is 5.56 Å². The maximum absolute atomic E-state index is 12.6. The van der Waals surface area contributed by atoms with Crippen molar-refractivity contribution in [2.75, 3.05) is 13.1 Å². The molecule has 0 bridgehead atoms. The van der Waals surface area contributed by atoms with Gasteiger partial charge in [0, 0.05) is 24.0 Å². The van der Waals surface area contributed by atoms with Crippen LogP contribution in [0.3, 0.4) is 0 Å². The van der Waals surface area contributed by atoms with Crippen molar-refractivity contribution < 1.29 is 9.59 Å². The van der Waals surface area contributed by atoms with Crippen LogP contribution in [-0.2, 0) is 4.79 Å². The fourth-order valence-electron chi connectivity index (χ4n) is 3.09. The van der Waals surface area contributed by atoms with Crippen LogP contribution >= 0.6 is 23.2 Å². The highest BCUT2D eigenvalue weighted by molar-refractivity contribution is 6.36. The van der Waals surface area contributed by atoms with Gasteiger partial charge in [-0.05, 0) is 43.5 Å². The molecular formula is C21H21Cl2N3O2. The number of piperidine rings is 1. The Morgan fingerprint density at radius 1 is 1.11 bits per heavy atom. The van der Waals surface area contributed by atoms with E-state index < -0.39 is 0 Å². The summed E-state index contributed by atoms with van der Waals surface area (Å²) in [6.45, 7) is 3.01. The molecule has 5 nitrogen and oxygen atoms in total.